The highest BCUT2D eigenvalue weighted by atomic mass is 16.6. The van der Waals surface area contributed by atoms with Crippen molar-refractivity contribution in [2.45, 2.75) is 206 Å². The van der Waals surface area contributed by atoms with E-state index < -0.39 is 18.3 Å². The lowest BCUT2D eigenvalue weighted by molar-refractivity contribution is -0.122. The van der Waals surface area contributed by atoms with Gasteiger partial charge in [-0.25, -0.2) is 14.4 Å². The van der Waals surface area contributed by atoms with Crippen molar-refractivity contribution >= 4 is 64.8 Å². The molecule has 28 nitrogen and oxygen atoms in total. The highest BCUT2D eigenvalue weighted by Gasteiger charge is 2.36. The Hall–Kier alpha value is -10.1. The molecule has 712 valence electrons. The molecule has 6 amide bonds. The van der Waals surface area contributed by atoms with E-state index in [0.29, 0.717) is 210 Å². The Bertz CT molecular complexity index is 4530. The number of Topliss-reactive ketones (excluding diaryl/α,β-unsaturated/α-hetero) is 4. The molecule has 28 heteroatoms. The first kappa shape index (κ1) is 107. The zero-order valence-electron chi connectivity index (χ0n) is 77.6. The normalized spacial score (nSPS) is 13.3. The summed E-state index contributed by atoms with van der Waals surface area (Å²) >= 11 is 0. The minimum atomic E-state index is -0.557. The lowest BCUT2D eigenvalue weighted by Gasteiger charge is -2.15. The summed E-state index contributed by atoms with van der Waals surface area (Å²) in [5.74, 6) is -0.349. The number of aliphatic hydroxyl groups is 3. The summed E-state index contributed by atoms with van der Waals surface area (Å²) in [6.45, 7) is 17.2. The van der Waals surface area contributed by atoms with Crippen molar-refractivity contribution in [1.82, 2.24) is 26.6 Å². The highest BCUT2D eigenvalue weighted by molar-refractivity contribution is 6.05. The van der Waals surface area contributed by atoms with E-state index in [1.807, 2.05) is 91.0 Å². The van der Waals surface area contributed by atoms with E-state index in [0.717, 1.165) is 137 Å². The van der Waals surface area contributed by atoms with Crippen LogP contribution in [0.2, 0.25) is 0 Å². The molecule has 0 fully saturated rings. The van der Waals surface area contributed by atoms with Crippen LogP contribution < -0.4 is 31.9 Å². The van der Waals surface area contributed by atoms with Gasteiger partial charge in [0.05, 0.1) is 13.2 Å². The number of aryl methyl sites for hydroxylation is 1. The zero-order chi connectivity index (χ0) is 93.6. The second kappa shape index (κ2) is 61.5. The standard InChI is InChI=1S/C35H49N3O8.C35H50N2O7.C32H43NO7/c1-3-4-18-45-21-16-37-33(41)10-7-11-34(42)38-26-13-15-28-27-14-12-25(32(40)9-8-20-44-19-6-5-17-39)22-29(27)31(30(28)23-26)24-46-35(43)36-2;1-25(2)16-21-43-22-17-37-33(40)13-6-9-26-14-15-28-30(23-26)31(24-44-35(41)36-3)27-10-7-11-29(34(27)28)32(39)12-8-20-42-19-5-4-18-38;1-3-4-16-38-18-7-9-30(35)23-11-13-25-26-14-12-24(31(36)10-8-19-39-17-6-5-15-34)21-28(26)29(27(25)20-23)22-40-32(37)33-2/h12-15,22-23,31,39H,3-11,16-21,24H2,1-2H3,(H,36,43)(H,37,41)(H,38,42);7,10-11,14-15,23,25,31,38H,4-6,8-9,12-13,16-22,24H2,1-3H3,(H,36,41)(H,37,40);11-14,20-21,29,34H,3-10,15-19,22H2,1-2H3,(H,33,37). The van der Waals surface area contributed by atoms with Crippen LogP contribution in [0.25, 0.3) is 33.4 Å². The molecule has 9 N–H and O–H groups in total. The number of unbranched alkanes of at least 4 members (excludes halogenated alkanes) is 5. The SMILES string of the molecule is CCCCOCCCC(=O)c1ccc2c(c1)C(COC(=O)NC)c1cc(C(=O)CCCOCCCCO)ccc1-2.CCCCOCCNC(=O)CCCC(=O)Nc1ccc2c(c1)C(COC(=O)NC)c1cc(C(=O)CCCOCCCCO)ccc1-2.CNC(=O)OCC1c2cc(CCCC(=O)NCCOCCC(C)C)ccc2-c2c(C(=O)CCCOCCCCO)cccc21. The van der Waals surface area contributed by atoms with Crippen molar-refractivity contribution in [2.75, 3.05) is 158 Å². The fourth-order valence-electron chi connectivity index (χ4n) is 15.5. The smallest absolute Gasteiger partial charge is 0.406 e. The summed E-state index contributed by atoms with van der Waals surface area (Å²) < 4.78 is 49.7. The molecule has 0 saturated carbocycles. The molecule has 3 atom stereocenters. The molecule has 6 aromatic carbocycles. The van der Waals surface area contributed by atoms with E-state index in [-0.39, 0.29) is 111 Å². The van der Waals surface area contributed by atoms with Crippen LogP contribution in [0, 0.1) is 5.92 Å². The van der Waals surface area contributed by atoms with Crippen LogP contribution in [0.3, 0.4) is 0 Å². The first-order valence-electron chi connectivity index (χ1n) is 46.8. The first-order valence-corrected chi connectivity index (χ1v) is 46.8. The van der Waals surface area contributed by atoms with E-state index >= 15 is 0 Å². The van der Waals surface area contributed by atoms with Crippen LogP contribution in [0.4, 0.5) is 20.1 Å². The lowest BCUT2D eigenvalue weighted by Crippen LogP contribution is -2.27. The van der Waals surface area contributed by atoms with E-state index in [4.69, 9.17) is 58.0 Å². The Balaban J connectivity index is 0.000000267. The van der Waals surface area contributed by atoms with Gasteiger partial charge in [0.1, 0.15) is 19.8 Å². The van der Waals surface area contributed by atoms with E-state index in [2.05, 4.69) is 77.8 Å². The number of hydrogen-bond acceptors (Lipinski definition) is 22. The Kier molecular flexibility index (Phi) is 50.6. The van der Waals surface area contributed by atoms with Gasteiger partial charge in [0.15, 0.2) is 23.1 Å². The second-order valence-electron chi connectivity index (χ2n) is 33.0. The number of hydrogen-bond donors (Lipinski definition) is 9. The number of anilines is 1. The molecular formula is C102H142N6O22. The number of carbonyl (C=O) groups excluding carboxylic acids is 10. The number of ketones is 4. The summed E-state index contributed by atoms with van der Waals surface area (Å²) in [5.41, 5.74) is 15.5. The van der Waals surface area contributed by atoms with Crippen LogP contribution in [0.5, 0.6) is 0 Å². The Morgan fingerprint density at radius 2 is 0.715 bits per heavy atom. The maximum absolute atomic E-state index is 13.4. The summed E-state index contributed by atoms with van der Waals surface area (Å²) in [7, 11) is 4.53. The van der Waals surface area contributed by atoms with E-state index in [1.54, 1.807) is 0 Å². The molecule has 3 aliphatic rings. The third-order valence-corrected chi connectivity index (χ3v) is 22.6. The van der Waals surface area contributed by atoms with Gasteiger partial charge in [-0.1, -0.05) is 119 Å². The molecule has 6 aromatic rings. The second-order valence-corrected chi connectivity index (χ2v) is 33.0. The van der Waals surface area contributed by atoms with Gasteiger partial charge in [-0.2, -0.15) is 0 Å². The van der Waals surface area contributed by atoms with E-state index in [1.165, 1.54) is 21.1 Å². The fraction of sp³-hybridized carbons (Fsp3) is 0.549. The molecule has 0 heterocycles. The molecular weight excluding hydrogens is 1660 g/mol. The quantitative estimate of drug-likeness (QED) is 0.00972. The van der Waals surface area contributed by atoms with Gasteiger partial charge in [0.2, 0.25) is 17.7 Å². The topological polar surface area (TPSA) is 387 Å². The number of nitrogens with one attached hydrogen (secondary N) is 6. The molecule has 9 rings (SSSR count). The summed E-state index contributed by atoms with van der Waals surface area (Å²) in [6, 6.07) is 34.7. The Morgan fingerprint density at radius 3 is 1.15 bits per heavy atom. The predicted molar refractivity (Wildman–Crippen MR) is 501 cm³/mol. The molecule has 0 spiro atoms. The molecule has 3 aliphatic carbocycles. The van der Waals surface area contributed by atoms with Gasteiger partial charge in [0.25, 0.3) is 0 Å². The Morgan fingerprint density at radius 1 is 0.346 bits per heavy atom. The molecule has 0 saturated heterocycles. The van der Waals surface area contributed by atoms with E-state index in [9.17, 15) is 47.9 Å². The van der Waals surface area contributed by atoms with Crippen LogP contribution >= 0.6 is 0 Å². The maximum Gasteiger partial charge on any atom is 0.406 e. The molecule has 3 unspecified atom stereocenters. The number of alkyl carbamates (subject to hydrolysis) is 3. The van der Waals surface area contributed by atoms with Gasteiger partial charge >= 0.3 is 18.3 Å². The molecule has 130 heavy (non-hydrogen) atoms. The third kappa shape index (κ3) is 36.5. The van der Waals surface area contributed by atoms with Crippen LogP contribution in [0.1, 0.15) is 280 Å². The number of fused-ring (bicyclic) bond motifs is 9. The predicted octanol–water partition coefficient (Wildman–Crippen LogP) is 16.0. The summed E-state index contributed by atoms with van der Waals surface area (Å²) in [6.07, 6.45) is 14.8. The van der Waals surface area contributed by atoms with Crippen molar-refractivity contribution in [2.24, 2.45) is 5.92 Å². The van der Waals surface area contributed by atoms with Gasteiger partial charge in [-0.3, -0.25) is 33.6 Å². The third-order valence-electron chi connectivity index (χ3n) is 22.6. The lowest BCUT2D eigenvalue weighted by atomic mass is 9.93. The van der Waals surface area contributed by atoms with Crippen molar-refractivity contribution in [3.05, 3.63) is 170 Å². The molecule has 0 radical (unpaired) electrons. The average molecular weight is 1800 g/mol. The largest absolute Gasteiger partial charge is 0.449 e. The van der Waals surface area contributed by atoms with Crippen LogP contribution in [0.15, 0.2) is 109 Å². The fourth-order valence-corrected chi connectivity index (χ4v) is 15.5. The number of carbonyl (C=O) groups is 10. The molecule has 0 aliphatic heterocycles. The summed E-state index contributed by atoms with van der Waals surface area (Å²) in [4.78, 5) is 125. The van der Waals surface area contributed by atoms with Gasteiger partial charge < -0.3 is 89.9 Å². The summed E-state index contributed by atoms with van der Waals surface area (Å²) in [5, 5.41) is 42.7. The minimum Gasteiger partial charge on any atom is -0.449 e. The van der Waals surface area contributed by atoms with Crippen LogP contribution in [-0.4, -0.2) is 228 Å². The van der Waals surface area contributed by atoms with Gasteiger partial charge in [-0.05, 0) is 211 Å². The monoisotopic (exact) mass is 1800 g/mol. The van der Waals surface area contributed by atoms with Crippen molar-refractivity contribution in [1.29, 1.82) is 0 Å². The maximum atomic E-state index is 13.4. The minimum absolute atomic E-state index is 0.00521. The first-order chi connectivity index (χ1) is 63.2. The molecule has 0 bridgehead atoms. The number of ether oxygens (including phenoxy) is 9. The Labute approximate surface area is 767 Å². The van der Waals surface area contributed by atoms with Gasteiger partial charge in [0, 0.05) is 211 Å². The number of benzene rings is 6. The van der Waals surface area contributed by atoms with Crippen LogP contribution in [-0.2, 0) is 63.4 Å². The average Bonchev–Trinajstić information content (AvgIpc) is 1.62. The van der Waals surface area contributed by atoms with Crippen molar-refractivity contribution in [3.63, 3.8) is 0 Å². The number of amides is 6. The number of aliphatic hydroxyl groups excluding tert-OH is 3. The number of rotatable bonds is 62. The highest BCUT2D eigenvalue weighted by Crippen LogP contribution is 2.50. The van der Waals surface area contributed by atoms with Crippen molar-refractivity contribution in [3.8, 4) is 33.4 Å². The molecule has 0 aromatic heterocycles. The van der Waals surface area contributed by atoms with Gasteiger partial charge in [-0.15, -0.1) is 0 Å². The van der Waals surface area contributed by atoms with Crippen molar-refractivity contribution < 1.29 is 106 Å². The zero-order valence-corrected chi connectivity index (χ0v) is 77.6.